The molecule has 0 aliphatic heterocycles. The number of carbonyl (C=O) groups excluding carboxylic acids is 2. The molecule has 7 heteroatoms. The summed E-state index contributed by atoms with van der Waals surface area (Å²) in [5.41, 5.74) is 1.02. The lowest BCUT2D eigenvalue weighted by atomic mass is 10.2. The topological polar surface area (TPSA) is 85.9 Å². The van der Waals surface area contributed by atoms with E-state index in [9.17, 15) is 9.59 Å². The van der Waals surface area contributed by atoms with E-state index in [0.717, 1.165) is 0 Å². The molecule has 0 saturated carbocycles. The predicted octanol–water partition coefficient (Wildman–Crippen LogP) is 2.68. The van der Waals surface area contributed by atoms with Gasteiger partial charge in [-0.05, 0) is 24.3 Å². The molecule has 0 bridgehead atoms. The van der Waals surface area contributed by atoms with E-state index in [1.165, 1.54) is 21.3 Å². The van der Waals surface area contributed by atoms with Crippen LogP contribution in [-0.2, 0) is 9.59 Å². The maximum atomic E-state index is 12.1. The molecule has 25 heavy (non-hydrogen) atoms. The van der Waals surface area contributed by atoms with Crippen molar-refractivity contribution in [3.8, 4) is 17.2 Å². The molecule has 7 nitrogen and oxygen atoms in total. The van der Waals surface area contributed by atoms with Crippen LogP contribution in [-0.4, -0.2) is 33.1 Å². The van der Waals surface area contributed by atoms with Gasteiger partial charge >= 0.3 is 0 Å². The monoisotopic (exact) mass is 344 g/mol. The van der Waals surface area contributed by atoms with E-state index in [-0.39, 0.29) is 6.42 Å². The molecule has 0 aromatic heterocycles. The first-order chi connectivity index (χ1) is 12.0. The Kier molecular flexibility index (Phi) is 6.22. The quantitative estimate of drug-likeness (QED) is 0.754. The molecule has 0 spiro atoms. The maximum absolute atomic E-state index is 12.1. The van der Waals surface area contributed by atoms with E-state index in [4.69, 9.17) is 14.2 Å². The van der Waals surface area contributed by atoms with Crippen LogP contribution in [0.1, 0.15) is 6.42 Å². The second-order valence-corrected chi connectivity index (χ2v) is 5.07. The summed E-state index contributed by atoms with van der Waals surface area (Å²) in [7, 11) is 4.56. The molecule has 0 fully saturated rings. The first-order valence-electron chi connectivity index (χ1n) is 7.51. The molecule has 0 saturated heterocycles. The molecule has 0 radical (unpaired) electrons. The summed E-state index contributed by atoms with van der Waals surface area (Å²) in [6.45, 7) is 0. The minimum absolute atomic E-state index is 0.327. The van der Waals surface area contributed by atoms with Crippen molar-refractivity contribution in [3.05, 3.63) is 42.5 Å². The number of hydrogen-bond acceptors (Lipinski definition) is 5. The highest BCUT2D eigenvalue weighted by Crippen LogP contribution is 2.29. The van der Waals surface area contributed by atoms with Gasteiger partial charge in [-0.2, -0.15) is 0 Å². The zero-order valence-electron chi connectivity index (χ0n) is 14.3. The molecule has 0 aliphatic carbocycles. The van der Waals surface area contributed by atoms with E-state index in [2.05, 4.69) is 10.6 Å². The minimum atomic E-state index is -0.455. The van der Waals surface area contributed by atoms with Crippen molar-refractivity contribution in [2.75, 3.05) is 32.0 Å². The summed E-state index contributed by atoms with van der Waals surface area (Å²) in [6, 6.07) is 11.9. The average molecular weight is 344 g/mol. The molecular weight excluding hydrogens is 324 g/mol. The number of ether oxygens (including phenoxy) is 3. The van der Waals surface area contributed by atoms with Gasteiger partial charge in [-0.15, -0.1) is 0 Å². The average Bonchev–Trinajstić information content (AvgIpc) is 2.61. The smallest absolute Gasteiger partial charge is 0.233 e. The highest BCUT2D eigenvalue weighted by Gasteiger charge is 2.13. The Balaban J connectivity index is 1.96. The van der Waals surface area contributed by atoms with E-state index < -0.39 is 11.8 Å². The van der Waals surface area contributed by atoms with Crippen LogP contribution in [0.25, 0.3) is 0 Å². The van der Waals surface area contributed by atoms with Crippen LogP contribution in [0.3, 0.4) is 0 Å². The fourth-order valence-corrected chi connectivity index (χ4v) is 2.15. The van der Waals surface area contributed by atoms with Crippen LogP contribution in [0.4, 0.5) is 11.4 Å². The number of benzene rings is 2. The van der Waals surface area contributed by atoms with E-state index in [1.807, 2.05) is 0 Å². The lowest BCUT2D eigenvalue weighted by Crippen LogP contribution is -2.21. The summed E-state index contributed by atoms with van der Waals surface area (Å²) in [6.07, 6.45) is -0.327. The Morgan fingerprint density at radius 3 is 2.20 bits per heavy atom. The number of anilines is 2. The Morgan fingerprint density at radius 2 is 1.52 bits per heavy atom. The molecule has 2 rings (SSSR count). The lowest BCUT2D eigenvalue weighted by molar-refractivity contribution is -0.123. The van der Waals surface area contributed by atoms with E-state index >= 15 is 0 Å². The SMILES string of the molecule is COc1cccc(NC(=O)CC(=O)Nc2ccc(OC)cc2OC)c1. The Hall–Kier alpha value is -3.22. The minimum Gasteiger partial charge on any atom is -0.497 e. The van der Waals surface area contributed by atoms with Crippen molar-refractivity contribution in [2.45, 2.75) is 6.42 Å². The predicted molar refractivity (Wildman–Crippen MR) is 94.4 cm³/mol. The fraction of sp³-hybridized carbons (Fsp3) is 0.222. The van der Waals surface area contributed by atoms with Gasteiger partial charge in [0.05, 0.1) is 27.0 Å². The number of hydrogen-bond donors (Lipinski definition) is 2. The molecule has 2 amide bonds. The summed E-state index contributed by atoms with van der Waals surface area (Å²) < 4.78 is 15.4. The summed E-state index contributed by atoms with van der Waals surface area (Å²) in [4.78, 5) is 24.1. The lowest BCUT2D eigenvalue weighted by Gasteiger charge is -2.12. The van der Waals surface area contributed by atoms with Gasteiger partial charge in [0.1, 0.15) is 23.7 Å². The van der Waals surface area contributed by atoms with Gasteiger partial charge in [0.15, 0.2) is 0 Å². The molecule has 0 atom stereocenters. The Morgan fingerprint density at radius 1 is 0.840 bits per heavy atom. The van der Waals surface area contributed by atoms with Gasteiger partial charge in [0.2, 0.25) is 11.8 Å². The van der Waals surface area contributed by atoms with Crippen molar-refractivity contribution in [1.29, 1.82) is 0 Å². The molecule has 0 unspecified atom stereocenters. The van der Waals surface area contributed by atoms with Crippen molar-refractivity contribution >= 4 is 23.2 Å². The first-order valence-corrected chi connectivity index (χ1v) is 7.51. The summed E-state index contributed by atoms with van der Waals surface area (Å²) in [5, 5.41) is 5.30. The number of amides is 2. The number of rotatable bonds is 7. The zero-order chi connectivity index (χ0) is 18.2. The third-order valence-electron chi connectivity index (χ3n) is 3.36. The highest BCUT2D eigenvalue weighted by molar-refractivity contribution is 6.08. The standard InChI is InChI=1S/C18H20N2O5/c1-23-13-6-4-5-12(9-13)19-17(21)11-18(22)20-15-8-7-14(24-2)10-16(15)25-3/h4-10H,11H2,1-3H3,(H,19,21)(H,20,22). The van der Waals surface area contributed by atoms with E-state index in [1.54, 1.807) is 42.5 Å². The summed E-state index contributed by atoms with van der Waals surface area (Å²) in [5.74, 6) is 0.777. The fourth-order valence-electron chi connectivity index (χ4n) is 2.15. The van der Waals surface area contributed by atoms with Crippen LogP contribution in [0.15, 0.2) is 42.5 Å². The third-order valence-corrected chi connectivity index (χ3v) is 3.36. The number of carbonyl (C=O) groups is 2. The van der Waals surface area contributed by atoms with Crippen LogP contribution in [0, 0.1) is 0 Å². The van der Waals surface area contributed by atoms with Crippen molar-refractivity contribution < 1.29 is 23.8 Å². The van der Waals surface area contributed by atoms with Gasteiger partial charge in [0, 0.05) is 17.8 Å². The second kappa shape index (κ2) is 8.58. The zero-order valence-corrected chi connectivity index (χ0v) is 14.3. The summed E-state index contributed by atoms with van der Waals surface area (Å²) >= 11 is 0. The van der Waals surface area contributed by atoms with Crippen molar-refractivity contribution in [2.24, 2.45) is 0 Å². The van der Waals surface area contributed by atoms with Crippen LogP contribution in [0.5, 0.6) is 17.2 Å². The first kappa shape index (κ1) is 18.1. The second-order valence-electron chi connectivity index (χ2n) is 5.07. The van der Waals surface area contributed by atoms with Gasteiger partial charge in [0.25, 0.3) is 0 Å². The maximum Gasteiger partial charge on any atom is 0.233 e. The van der Waals surface area contributed by atoms with Gasteiger partial charge in [-0.3, -0.25) is 9.59 Å². The molecule has 2 aromatic carbocycles. The van der Waals surface area contributed by atoms with E-state index in [0.29, 0.717) is 28.6 Å². The molecule has 2 N–H and O–H groups in total. The molecular formula is C18H20N2O5. The largest absolute Gasteiger partial charge is 0.497 e. The molecule has 132 valence electrons. The molecule has 0 heterocycles. The Labute approximate surface area is 145 Å². The van der Waals surface area contributed by atoms with Crippen LogP contribution >= 0.6 is 0 Å². The normalized spacial score (nSPS) is 9.88. The van der Waals surface area contributed by atoms with Crippen molar-refractivity contribution in [1.82, 2.24) is 0 Å². The van der Waals surface area contributed by atoms with Crippen LogP contribution < -0.4 is 24.8 Å². The van der Waals surface area contributed by atoms with Crippen LogP contribution in [0.2, 0.25) is 0 Å². The van der Waals surface area contributed by atoms with Gasteiger partial charge < -0.3 is 24.8 Å². The molecule has 0 aliphatic rings. The van der Waals surface area contributed by atoms with Gasteiger partial charge in [-0.1, -0.05) is 6.07 Å². The molecule has 2 aromatic rings. The Bertz CT molecular complexity index is 761. The number of nitrogens with one attached hydrogen (secondary N) is 2. The third kappa shape index (κ3) is 5.13. The number of methoxy groups -OCH3 is 3. The highest BCUT2D eigenvalue weighted by atomic mass is 16.5. The van der Waals surface area contributed by atoms with Crippen molar-refractivity contribution in [3.63, 3.8) is 0 Å². The van der Waals surface area contributed by atoms with Gasteiger partial charge in [-0.25, -0.2) is 0 Å².